The van der Waals surface area contributed by atoms with E-state index in [4.69, 9.17) is 11.6 Å². The molecule has 1 aromatic rings. The molecule has 0 aliphatic carbocycles. The van der Waals surface area contributed by atoms with E-state index in [0.717, 1.165) is 23.0 Å². The van der Waals surface area contributed by atoms with Crippen molar-refractivity contribution in [1.82, 2.24) is 10.6 Å². The second kappa shape index (κ2) is 3.07. The van der Waals surface area contributed by atoms with Crippen LogP contribution < -0.4 is 10.6 Å². The number of hydrogen-bond donors (Lipinski definition) is 2. The van der Waals surface area contributed by atoms with Crippen LogP contribution in [-0.2, 0) is 0 Å². The lowest BCUT2D eigenvalue weighted by Gasteiger charge is -2.02. The van der Waals surface area contributed by atoms with E-state index in [9.17, 15) is 0 Å². The maximum absolute atomic E-state index is 5.85. The Morgan fingerprint density at radius 3 is 2.92 bits per heavy atom. The van der Waals surface area contributed by atoms with Crippen molar-refractivity contribution in [2.45, 2.75) is 0 Å². The molecule has 0 unspecified atom stereocenters. The van der Waals surface area contributed by atoms with Crippen molar-refractivity contribution < 1.29 is 0 Å². The lowest BCUT2D eigenvalue weighted by molar-refractivity contribution is 0.843. The molecule has 0 radical (unpaired) electrons. The Morgan fingerprint density at radius 2 is 2.25 bits per heavy atom. The minimum absolute atomic E-state index is 0.766. The Bertz CT molecular complexity index is 320. The molecule has 62 valence electrons. The SMILES string of the molecule is Clc1cccc(C2=CNCN2)c1. The van der Waals surface area contributed by atoms with E-state index in [-0.39, 0.29) is 0 Å². The molecule has 0 saturated carbocycles. The molecule has 1 aliphatic heterocycles. The molecule has 2 N–H and O–H groups in total. The van der Waals surface area contributed by atoms with E-state index in [1.165, 1.54) is 0 Å². The average Bonchev–Trinajstić information content (AvgIpc) is 2.56. The van der Waals surface area contributed by atoms with E-state index in [2.05, 4.69) is 10.6 Å². The van der Waals surface area contributed by atoms with Crippen LogP contribution >= 0.6 is 11.6 Å². The van der Waals surface area contributed by atoms with Crippen LogP contribution in [0.1, 0.15) is 5.56 Å². The maximum atomic E-state index is 5.85. The molecule has 0 fully saturated rings. The van der Waals surface area contributed by atoms with Crippen LogP contribution in [0.25, 0.3) is 5.70 Å². The topological polar surface area (TPSA) is 24.1 Å². The van der Waals surface area contributed by atoms with Gasteiger partial charge in [-0.1, -0.05) is 23.7 Å². The fourth-order valence-corrected chi connectivity index (χ4v) is 1.38. The summed E-state index contributed by atoms with van der Waals surface area (Å²) in [6, 6.07) is 7.78. The summed E-state index contributed by atoms with van der Waals surface area (Å²) in [5, 5.41) is 7.03. The zero-order valence-electron chi connectivity index (χ0n) is 6.47. The summed E-state index contributed by atoms with van der Waals surface area (Å²) in [6.07, 6.45) is 1.95. The Kier molecular flexibility index (Phi) is 1.92. The third-order valence-corrected chi connectivity index (χ3v) is 2.00. The summed E-state index contributed by atoms with van der Waals surface area (Å²) in [5.74, 6) is 0. The monoisotopic (exact) mass is 180 g/mol. The van der Waals surface area contributed by atoms with Gasteiger partial charge in [-0.3, -0.25) is 0 Å². The Hall–Kier alpha value is -1.15. The van der Waals surface area contributed by atoms with Gasteiger partial charge in [-0.2, -0.15) is 0 Å². The molecule has 12 heavy (non-hydrogen) atoms. The fraction of sp³-hybridized carbons (Fsp3) is 0.111. The van der Waals surface area contributed by atoms with Gasteiger partial charge < -0.3 is 10.6 Å². The van der Waals surface area contributed by atoms with Gasteiger partial charge in [0.15, 0.2) is 0 Å². The number of halogens is 1. The van der Waals surface area contributed by atoms with Crippen LogP contribution in [0.4, 0.5) is 0 Å². The molecule has 1 heterocycles. The minimum Gasteiger partial charge on any atom is -0.372 e. The quantitative estimate of drug-likeness (QED) is 0.689. The van der Waals surface area contributed by atoms with Gasteiger partial charge >= 0.3 is 0 Å². The molecule has 0 atom stereocenters. The van der Waals surface area contributed by atoms with Crippen LogP contribution in [0.3, 0.4) is 0 Å². The summed E-state index contributed by atoms with van der Waals surface area (Å²) in [5.41, 5.74) is 2.21. The van der Waals surface area contributed by atoms with Crippen LogP contribution in [0, 0.1) is 0 Å². The molecule has 1 aromatic carbocycles. The zero-order valence-corrected chi connectivity index (χ0v) is 7.23. The standard InChI is InChI=1S/C9H9ClN2/c10-8-3-1-2-7(4-8)9-5-11-6-12-9/h1-5,11-12H,6H2. The summed E-state index contributed by atoms with van der Waals surface area (Å²) in [6.45, 7) is 0.793. The van der Waals surface area contributed by atoms with E-state index in [1.54, 1.807) is 0 Å². The van der Waals surface area contributed by atoms with Gasteiger partial charge in [0.05, 0.1) is 12.4 Å². The molecule has 3 heteroatoms. The first kappa shape index (κ1) is 7.50. The second-order valence-electron chi connectivity index (χ2n) is 2.63. The van der Waals surface area contributed by atoms with Crippen molar-refractivity contribution in [3.63, 3.8) is 0 Å². The minimum atomic E-state index is 0.766. The van der Waals surface area contributed by atoms with Crippen molar-refractivity contribution in [2.75, 3.05) is 6.67 Å². The summed E-state index contributed by atoms with van der Waals surface area (Å²) in [7, 11) is 0. The summed E-state index contributed by atoms with van der Waals surface area (Å²) >= 11 is 5.85. The van der Waals surface area contributed by atoms with Gasteiger partial charge in [-0.05, 0) is 12.1 Å². The molecule has 0 bridgehead atoms. The predicted octanol–water partition coefficient (Wildman–Crippen LogP) is 1.79. The van der Waals surface area contributed by atoms with E-state index < -0.39 is 0 Å². The van der Waals surface area contributed by atoms with Crippen LogP contribution in [0.2, 0.25) is 5.02 Å². The number of benzene rings is 1. The Labute approximate surface area is 76.2 Å². The van der Waals surface area contributed by atoms with Crippen molar-refractivity contribution in [3.8, 4) is 0 Å². The van der Waals surface area contributed by atoms with Crippen molar-refractivity contribution in [1.29, 1.82) is 0 Å². The first-order valence-electron chi connectivity index (χ1n) is 3.79. The molecule has 2 rings (SSSR count). The number of rotatable bonds is 1. The van der Waals surface area contributed by atoms with E-state index in [1.807, 2.05) is 30.5 Å². The average molecular weight is 181 g/mol. The third kappa shape index (κ3) is 1.38. The highest BCUT2D eigenvalue weighted by molar-refractivity contribution is 6.30. The highest BCUT2D eigenvalue weighted by Crippen LogP contribution is 2.17. The molecule has 0 saturated heterocycles. The molecule has 1 aliphatic rings. The van der Waals surface area contributed by atoms with E-state index in [0.29, 0.717) is 0 Å². The largest absolute Gasteiger partial charge is 0.372 e. The molecule has 0 amide bonds. The molecular weight excluding hydrogens is 172 g/mol. The lowest BCUT2D eigenvalue weighted by atomic mass is 10.2. The fourth-order valence-electron chi connectivity index (χ4n) is 1.19. The van der Waals surface area contributed by atoms with Gasteiger partial charge in [0.2, 0.25) is 0 Å². The second-order valence-corrected chi connectivity index (χ2v) is 3.06. The van der Waals surface area contributed by atoms with Crippen molar-refractivity contribution in [3.05, 3.63) is 41.1 Å². The normalized spacial score (nSPS) is 14.9. The van der Waals surface area contributed by atoms with Crippen molar-refractivity contribution in [2.24, 2.45) is 0 Å². The van der Waals surface area contributed by atoms with Gasteiger partial charge in [0.25, 0.3) is 0 Å². The van der Waals surface area contributed by atoms with Gasteiger partial charge in [-0.25, -0.2) is 0 Å². The number of nitrogens with one attached hydrogen (secondary N) is 2. The first-order chi connectivity index (χ1) is 5.86. The molecule has 0 spiro atoms. The van der Waals surface area contributed by atoms with Gasteiger partial charge in [0.1, 0.15) is 0 Å². The molecule has 0 aromatic heterocycles. The smallest absolute Gasteiger partial charge is 0.0846 e. The van der Waals surface area contributed by atoms with Crippen LogP contribution in [-0.4, -0.2) is 6.67 Å². The lowest BCUT2D eigenvalue weighted by Crippen LogP contribution is -2.13. The Morgan fingerprint density at radius 1 is 1.33 bits per heavy atom. The first-order valence-corrected chi connectivity index (χ1v) is 4.17. The highest BCUT2D eigenvalue weighted by atomic mass is 35.5. The van der Waals surface area contributed by atoms with Gasteiger partial charge in [-0.15, -0.1) is 0 Å². The zero-order chi connectivity index (χ0) is 8.39. The predicted molar refractivity (Wildman–Crippen MR) is 50.6 cm³/mol. The van der Waals surface area contributed by atoms with Crippen LogP contribution in [0.5, 0.6) is 0 Å². The molecular formula is C9H9ClN2. The molecule has 2 nitrogen and oxygen atoms in total. The maximum Gasteiger partial charge on any atom is 0.0846 e. The summed E-state index contributed by atoms with van der Waals surface area (Å²) < 4.78 is 0. The summed E-state index contributed by atoms with van der Waals surface area (Å²) in [4.78, 5) is 0. The number of hydrogen-bond acceptors (Lipinski definition) is 2. The van der Waals surface area contributed by atoms with E-state index >= 15 is 0 Å². The highest BCUT2D eigenvalue weighted by Gasteiger charge is 2.04. The van der Waals surface area contributed by atoms with Gasteiger partial charge in [0, 0.05) is 16.8 Å². The van der Waals surface area contributed by atoms with Crippen LogP contribution in [0.15, 0.2) is 30.5 Å². The third-order valence-electron chi connectivity index (χ3n) is 1.76. The Balaban J connectivity index is 2.33. The van der Waals surface area contributed by atoms with Crippen molar-refractivity contribution >= 4 is 17.3 Å².